The molecule has 0 aromatic heterocycles. The average Bonchev–Trinajstić information content (AvgIpc) is 2.37. The van der Waals surface area contributed by atoms with Crippen molar-refractivity contribution in [1.29, 1.82) is 0 Å². The van der Waals surface area contributed by atoms with E-state index in [1.54, 1.807) is 12.1 Å². The summed E-state index contributed by atoms with van der Waals surface area (Å²) in [6.07, 6.45) is 1.46. The summed E-state index contributed by atoms with van der Waals surface area (Å²) in [6, 6.07) is 4.32. The topological polar surface area (TPSA) is 55.4 Å². The highest BCUT2D eigenvalue weighted by molar-refractivity contribution is 6.32. The maximum atomic E-state index is 12.0. The second-order valence-corrected chi connectivity index (χ2v) is 4.68. The summed E-state index contributed by atoms with van der Waals surface area (Å²) < 4.78 is 5.02. The SMILES string of the molecule is CCCC(NC(=O)c1ccc(OC)c(Cl)c1)C(C)=O. The number of amides is 1. The summed E-state index contributed by atoms with van der Waals surface area (Å²) in [7, 11) is 1.51. The summed E-state index contributed by atoms with van der Waals surface area (Å²) in [6.45, 7) is 3.44. The number of hydrogen-bond donors (Lipinski definition) is 1. The van der Waals surface area contributed by atoms with Crippen LogP contribution in [0.5, 0.6) is 5.75 Å². The van der Waals surface area contributed by atoms with Gasteiger partial charge in [0.1, 0.15) is 5.75 Å². The molecule has 1 N–H and O–H groups in total. The third kappa shape index (κ3) is 4.24. The third-order valence-electron chi connectivity index (χ3n) is 2.79. The number of benzene rings is 1. The molecule has 1 rings (SSSR count). The van der Waals surface area contributed by atoms with Gasteiger partial charge in [0, 0.05) is 5.56 Å². The van der Waals surface area contributed by atoms with Crippen molar-refractivity contribution >= 4 is 23.3 Å². The largest absolute Gasteiger partial charge is 0.495 e. The molecule has 1 unspecified atom stereocenters. The molecule has 104 valence electrons. The summed E-state index contributed by atoms with van der Waals surface area (Å²) in [5.74, 6) is 0.155. The van der Waals surface area contributed by atoms with Crippen LogP contribution < -0.4 is 10.1 Å². The fraction of sp³-hybridized carbons (Fsp3) is 0.429. The summed E-state index contributed by atoms with van der Waals surface area (Å²) >= 11 is 5.96. The standard InChI is InChI=1S/C14H18ClNO3/c1-4-5-12(9(2)17)16-14(18)10-6-7-13(19-3)11(15)8-10/h6-8,12H,4-5H2,1-3H3,(H,16,18). The Labute approximate surface area is 118 Å². The van der Waals surface area contributed by atoms with Crippen molar-refractivity contribution in [3.8, 4) is 5.75 Å². The Hall–Kier alpha value is -1.55. The first-order valence-corrected chi connectivity index (χ1v) is 6.52. The first-order valence-electron chi connectivity index (χ1n) is 6.14. The van der Waals surface area contributed by atoms with Gasteiger partial charge in [0.2, 0.25) is 0 Å². The van der Waals surface area contributed by atoms with E-state index in [1.807, 2.05) is 6.92 Å². The van der Waals surface area contributed by atoms with Gasteiger partial charge in [-0.25, -0.2) is 0 Å². The van der Waals surface area contributed by atoms with Gasteiger partial charge in [-0.05, 0) is 31.5 Å². The molecule has 4 nitrogen and oxygen atoms in total. The Morgan fingerprint density at radius 2 is 2.11 bits per heavy atom. The monoisotopic (exact) mass is 283 g/mol. The van der Waals surface area contributed by atoms with Crippen molar-refractivity contribution in [3.05, 3.63) is 28.8 Å². The second kappa shape index (κ2) is 7.14. The summed E-state index contributed by atoms with van der Waals surface area (Å²) in [5, 5.41) is 3.08. The highest BCUT2D eigenvalue weighted by atomic mass is 35.5. The van der Waals surface area contributed by atoms with E-state index < -0.39 is 6.04 Å². The minimum atomic E-state index is -0.446. The molecule has 19 heavy (non-hydrogen) atoms. The van der Waals surface area contributed by atoms with Crippen LogP contribution in [-0.2, 0) is 4.79 Å². The highest BCUT2D eigenvalue weighted by Gasteiger charge is 2.17. The maximum absolute atomic E-state index is 12.0. The smallest absolute Gasteiger partial charge is 0.251 e. The fourth-order valence-electron chi connectivity index (χ4n) is 1.71. The van der Waals surface area contributed by atoms with E-state index in [-0.39, 0.29) is 11.7 Å². The Morgan fingerprint density at radius 3 is 2.58 bits per heavy atom. The minimum absolute atomic E-state index is 0.0465. The number of carbonyl (C=O) groups excluding carboxylic acids is 2. The lowest BCUT2D eigenvalue weighted by Gasteiger charge is -2.15. The van der Waals surface area contributed by atoms with Gasteiger partial charge in [-0.2, -0.15) is 0 Å². The lowest BCUT2D eigenvalue weighted by Crippen LogP contribution is -2.39. The first kappa shape index (κ1) is 15.5. The van der Waals surface area contributed by atoms with Gasteiger partial charge < -0.3 is 10.1 Å². The predicted molar refractivity (Wildman–Crippen MR) is 74.8 cm³/mol. The number of carbonyl (C=O) groups is 2. The minimum Gasteiger partial charge on any atom is -0.495 e. The molecular formula is C14H18ClNO3. The van der Waals surface area contributed by atoms with Crippen LogP contribution in [0.3, 0.4) is 0 Å². The van der Waals surface area contributed by atoms with Gasteiger partial charge in [0.15, 0.2) is 5.78 Å². The Morgan fingerprint density at radius 1 is 1.42 bits per heavy atom. The van der Waals surface area contributed by atoms with Crippen molar-refractivity contribution in [2.24, 2.45) is 0 Å². The molecule has 1 amide bonds. The van der Waals surface area contributed by atoms with Crippen LogP contribution >= 0.6 is 11.6 Å². The number of methoxy groups -OCH3 is 1. The highest BCUT2D eigenvalue weighted by Crippen LogP contribution is 2.24. The molecule has 1 aromatic carbocycles. The van der Waals surface area contributed by atoms with E-state index in [4.69, 9.17) is 16.3 Å². The van der Waals surface area contributed by atoms with Crippen LogP contribution in [0, 0.1) is 0 Å². The second-order valence-electron chi connectivity index (χ2n) is 4.27. The molecule has 0 aliphatic rings. The van der Waals surface area contributed by atoms with E-state index in [2.05, 4.69) is 5.32 Å². The van der Waals surface area contributed by atoms with Crippen LogP contribution in [0.1, 0.15) is 37.0 Å². The van der Waals surface area contributed by atoms with Crippen LogP contribution in [0.2, 0.25) is 5.02 Å². The molecule has 0 radical (unpaired) electrons. The zero-order chi connectivity index (χ0) is 14.4. The van der Waals surface area contributed by atoms with E-state index in [0.717, 1.165) is 6.42 Å². The van der Waals surface area contributed by atoms with E-state index in [1.165, 1.54) is 20.1 Å². The molecule has 0 heterocycles. The van der Waals surface area contributed by atoms with Crippen LogP contribution in [-0.4, -0.2) is 24.8 Å². The van der Waals surface area contributed by atoms with Crippen LogP contribution in [0.25, 0.3) is 0 Å². The predicted octanol–water partition coefficient (Wildman–Crippen LogP) is 2.84. The zero-order valence-corrected chi connectivity index (χ0v) is 12.1. The number of nitrogens with one attached hydrogen (secondary N) is 1. The van der Waals surface area contributed by atoms with Crippen molar-refractivity contribution < 1.29 is 14.3 Å². The van der Waals surface area contributed by atoms with Gasteiger partial charge in [0.05, 0.1) is 18.2 Å². The average molecular weight is 284 g/mol. The van der Waals surface area contributed by atoms with Crippen molar-refractivity contribution in [1.82, 2.24) is 5.32 Å². The van der Waals surface area contributed by atoms with Crippen molar-refractivity contribution in [2.75, 3.05) is 7.11 Å². The number of rotatable bonds is 6. The molecule has 0 aliphatic heterocycles. The lowest BCUT2D eigenvalue weighted by molar-refractivity contribution is -0.118. The Kier molecular flexibility index (Phi) is 5.83. The van der Waals surface area contributed by atoms with Crippen molar-refractivity contribution in [2.45, 2.75) is 32.7 Å². The molecule has 0 fully saturated rings. The van der Waals surface area contributed by atoms with Crippen molar-refractivity contribution in [3.63, 3.8) is 0 Å². The van der Waals surface area contributed by atoms with Crippen LogP contribution in [0.4, 0.5) is 0 Å². The molecule has 1 aromatic rings. The quantitative estimate of drug-likeness (QED) is 0.873. The normalized spacial score (nSPS) is 11.8. The molecular weight excluding hydrogens is 266 g/mol. The Balaban J connectivity index is 2.82. The third-order valence-corrected chi connectivity index (χ3v) is 3.08. The number of ketones is 1. The molecule has 0 saturated heterocycles. The molecule has 0 spiro atoms. The van der Waals surface area contributed by atoms with Gasteiger partial charge >= 0.3 is 0 Å². The molecule has 5 heteroatoms. The van der Waals surface area contributed by atoms with Crippen LogP contribution in [0.15, 0.2) is 18.2 Å². The Bertz CT molecular complexity index is 474. The molecule has 0 aliphatic carbocycles. The first-order chi connectivity index (χ1) is 8.99. The molecule has 0 saturated carbocycles. The number of ether oxygens (including phenoxy) is 1. The lowest BCUT2D eigenvalue weighted by atomic mass is 10.1. The molecule has 0 bridgehead atoms. The fourth-order valence-corrected chi connectivity index (χ4v) is 1.97. The maximum Gasteiger partial charge on any atom is 0.251 e. The van der Waals surface area contributed by atoms with Gasteiger partial charge in [-0.15, -0.1) is 0 Å². The molecule has 1 atom stereocenters. The van der Waals surface area contributed by atoms with E-state index in [9.17, 15) is 9.59 Å². The number of Topliss-reactive ketones (excluding diaryl/α,β-unsaturated/α-hetero) is 1. The van der Waals surface area contributed by atoms with E-state index >= 15 is 0 Å². The number of halogens is 1. The van der Waals surface area contributed by atoms with Gasteiger partial charge in [-0.3, -0.25) is 9.59 Å². The number of hydrogen-bond acceptors (Lipinski definition) is 3. The van der Waals surface area contributed by atoms with Gasteiger partial charge in [0.25, 0.3) is 5.91 Å². The van der Waals surface area contributed by atoms with Gasteiger partial charge in [-0.1, -0.05) is 24.9 Å². The zero-order valence-electron chi connectivity index (χ0n) is 11.3. The summed E-state index contributed by atoms with van der Waals surface area (Å²) in [5.41, 5.74) is 0.410. The summed E-state index contributed by atoms with van der Waals surface area (Å²) in [4.78, 5) is 23.4. The van der Waals surface area contributed by atoms with E-state index in [0.29, 0.717) is 22.8 Å².